The minimum atomic E-state index is 0. The van der Waals surface area contributed by atoms with Crippen molar-refractivity contribution in [3.63, 3.8) is 0 Å². The first-order chi connectivity index (χ1) is 7.26. The Bertz CT molecular complexity index is 215. The van der Waals surface area contributed by atoms with Gasteiger partial charge in [-0.15, -0.1) is 19.0 Å². The number of amides is 1. The van der Waals surface area contributed by atoms with Gasteiger partial charge >= 0.3 is 0 Å². The molecular weight excluding hydrogens is 226 g/mol. The number of hydrogen-bond donors (Lipinski definition) is 2. The number of nitrogens with two attached hydrogens (primary N) is 1. The van der Waals surface area contributed by atoms with E-state index >= 15 is 0 Å². The number of carbonyl (C=O) groups is 1. The lowest BCUT2D eigenvalue weighted by molar-refractivity contribution is -0.122. The van der Waals surface area contributed by atoms with Crippen LogP contribution in [0.2, 0.25) is 0 Å². The van der Waals surface area contributed by atoms with Crippen molar-refractivity contribution in [1.82, 2.24) is 10.2 Å². The third-order valence-electron chi connectivity index (χ3n) is 2.85. The second-order valence-corrected chi connectivity index (χ2v) is 4.05. The summed E-state index contributed by atoms with van der Waals surface area (Å²) in [6, 6.07) is 0. The van der Waals surface area contributed by atoms with Crippen LogP contribution in [0.15, 0.2) is 12.7 Å². The van der Waals surface area contributed by atoms with Crippen LogP contribution in [-0.4, -0.2) is 43.5 Å². The smallest absolute Gasteiger partial charge is 0.234 e. The summed E-state index contributed by atoms with van der Waals surface area (Å²) in [4.78, 5) is 13.6. The topological polar surface area (TPSA) is 58.4 Å². The molecule has 0 bridgehead atoms. The van der Waals surface area contributed by atoms with Crippen molar-refractivity contribution >= 4 is 18.3 Å². The molecule has 94 valence electrons. The van der Waals surface area contributed by atoms with E-state index < -0.39 is 0 Å². The summed E-state index contributed by atoms with van der Waals surface area (Å²) in [6.07, 6.45) is 3.93. The fourth-order valence-corrected chi connectivity index (χ4v) is 1.83. The highest BCUT2D eigenvalue weighted by atomic mass is 35.5. The molecule has 5 heteroatoms. The molecule has 1 heterocycles. The van der Waals surface area contributed by atoms with Crippen LogP contribution in [-0.2, 0) is 4.79 Å². The SMILES string of the molecule is C=CCNC(=O)CN1CCC(CN)CC1.Cl. The van der Waals surface area contributed by atoms with Gasteiger partial charge < -0.3 is 11.1 Å². The van der Waals surface area contributed by atoms with Crippen LogP contribution in [0.3, 0.4) is 0 Å². The number of nitrogens with zero attached hydrogens (tertiary/aromatic N) is 1. The summed E-state index contributed by atoms with van der Waals surface area (Å²) in [5.74, 6) is 0.735. The van der Waals surface area contributed by atoms with Crippen molar-refractivity contribution in [1.29, 1.82) is 0 Å². The van der Waals surface area contributed by atoms with Crippen LogP contribution in [0.25, 0.3) is 0 Å². The summed E-state index contributed by atoms with van der Waals surface area (Å²) in [6.45, 7) is 7.37. The monoisotopic (exact) mass is 247 g/mol. The largest absolute Gasteiger partial charge is 0.352 e. The quantitative estimate of drug-likeness (QED) is 0.691. The number of likely N-dealkylation sites (tertiary alicyclic amines) is 1. The van der Waals surface area contributed by atoms with Gasteiger partial charge in [-0.2, -0.15) is 0 Å². The first kappa shape index (κ1) is 15.4. The highest BCUT2D eigenvalue weighted by molar-refractivity contribution is 5.85. The molecule has 0 aromatic heterocycles. The number of rotatable bonds is 5. The summed E-state index contributed by atoms with van der Waals surface area (Å²) in [7, 11) is 0. The van der Waals surface area contributed by atoms with E-state index in [0.717, 1.165) is 32.5 Å². The predicted octanol–water partition coefficient (Wildman–Crippen LogP) is 0.381. The second-order valence-electron chi connectivity index (χ2n) is 4.05. The van der Waals surface area contributed by atoms with E-state index in [1.54, 1.807) is 6.08 Å². The molecule has 0 aliphatic carbocycles. The molecule has 4 nitrogen and oxygen atoms in total. The molecule has 0 spiro atoms. The third-order valence-corrected chi connectivity index (χ3v) is 2.85. The molecule has 1 aliphatic heterocycles. The molecule has 1 fully saturated rings. The summed E-state index contributed by atoms with van der Waals surface area (Å²) in [5, 5.41) is 2.78. The highest BCUT2D eigenvalue weighted by Crippen LogP contribution is 2.14. The van der Waals surface area contributed by atoms with E-state index in [1.165, 1.54) is 0 Å². The first-order valence-electron chi connectivity index (χ1n) is 5.56. The summed E-state index contributed by atoms with van der Waals surface area (Å²) < 4.78 is 0. The zero-order valence-corrected chi connectivity index (χ0v) is 10.5. The maximum Gasteiger partial charge on any atom is 0.234 e. The van der Waals surface area contributed by atoms with Crippen LogP contribution in [0.4, 0.5) is 0 Å². The summed E-state index contributed by atoms with van der Waals surface area (Å²) >= 11 is 0. The van der Waals surface area contributed by atoms with Crippen molar-refractivity contribution in [3.8, 4) is 0 Å². The Labute approximate surface area is 104 Å². The normalized spacial score (nSPS) is 17.6. The molecule has 0 saturated carbocycles. The molecule has 16 heavy (non-hydrogen) atoms. The zero-order chi connectivity index (χ0) is 11.1. The Hall–Kier alpha value is -0.580. The van der Waals surface area contributed by atoms with E-state index in [4.69, 9.17) is 5.73 Å². The molecular formula is C11H22ClN3O. The Morgan fingerprint density at radius 1 is 1.50 bits per heavy atom. The molecule has 1 rings (SSSR count). The number of hydrogen-bond acceptors (Lipinski definition) is 3. The van der Waals surface area contributed by atoms with Gasteiger partial charge in [-0.25, -0.2) is 0 Å². The molecule has 3 N–H and O–H groups in total. The zero-order valence-electron chi connectivity index (χ0n) is 9.65. The second kappa shape index (κ2) is 8.56. The van der Waals surface area contributed by atoms with E-state index in [1.807, 2.05) is 0 Å². The fourth-order valence-electron chi connectivity index (χ4n) is 1.83. The van der Waals surface area contributed by atoms with E-state index in [-0.39, 0.29) is 18.3 Å². The minimum absolute atomic E-state index is 0. The fraction of sp³-hybridized carbons (Fsp3) is 0.727. The maximum atomic E-state index is 11.4. The first-order valence-corrected chi connectivity index (χ1v) is 5.56. The molecule has 0 aromatic carbocycles. The highest BCUT2D eigenvalue weighted by Gasteiger charge is 2.19. The van der Waals surface area contributed by atoms with Gasteiger partial charge in [-0.1, -0.05) is 6.08 Å². The maximum absolute atomic E-state index is 11.4. The van der Waals surface area contributed by atoms with Crippen molar-refractivity contribution < 1.29 is 4.79 Å². The average Bonchev–Trinajstić information content (AvgIpc) is 2.27. The number of carbonyl (C=O) groups excluding carboxylic acids is 1. The Morgan fingerprint density at radius 2 is 2.12 bits per heavy atom. The lowest BCUT2D eigenvalue weighted by Gasteiger charge is -2.30. The lowest BCUT2D eigenvalue weighted by Crippen LogP contribution is -2.42. The van der Waals surface area contributed by atoms with Crippen molar-refractivity contribution in [3.05, 3.63) is 12.7 Å². The van der Waals surface area contributed by atoms with Gasteiger partial charge in [-0.05, 0) is 38.4 Å². The van der Waals surface area contributed by atoms with Crippen molar-refractivity contribution in [2.75, 3.05) is 32.7 Å². The third kappa shape index (κ3) is 5.49. The Morgan fingerprint density at radius 3 is 2.62 bits per heavy atom. The van der Waals surface area contributed by atoms with Crippen LogP contribution >= 0.6 is 12.4 Å². The van der Waals surface area contributed by atoms with Gasteiger partial charge in [0, 0.05) is 6.54 Å². The van der Waals surface area contributed by atoms with Gasteiger partial charge in [0.05, 0.1) is 6.54 Å². The molecule has 0 unspecified atom stereocenters. The van der Waals surface area contributed by atoms with Gasteiger partial charge in [-0.3, -0.25) is 9.69 Å². The average molecular weight is 248 g/mol. The number of halogens is 1. The lowest BCUT2D eigenvalue weighted by atomic mass is 9.97. The van der Waals surface area contributed by atoms with Crippen LogP contribution in [0, 0.1) is 5.92 Å². The molecule has 0 radical (unpaired) electrons. The molecule has 1 aliphatic rings. The Kier molecular flexibility index (Phi) is 8.25. The van der Waals surface area contributed by atoms with E-state index in [9.17, 15) is 4.79 Å². The van der Waals surface area contributed by atoms with Crippen LogP contribution in [0.1, 0.15) is 12.8 Å². The van der Waals surface area contributed by atoms with Gasteiger partial charge in [0.1, 0.15) is 0 Å². The standard InChI is InChI=1S/C11H21N3O.ClH/c1-2-5-13-11(15)9-14-6-3-10(8-12)4-7-14;/h2,10H,1,3-9,12H2,(H,13,15);1H. The number of piperidine rings is 1. The molecule has 0 aromatic rings. The minimum Gasteiger partial charge on any atom is -0.352 e. The van der Waals surface area contributed by atoms with Crippen molar-refractivity contribution in [2.24, 2.45) is 11.7 Å². The van der Waals surface area contributed by atoms with Gasteiger partial charge in [0.2, 0.25) is 5.91 Å². The predicted molar refractivity (Wildman–Crippen MR) is 68.7 cm³/mol. The molecule has 1 amide bonds. The van der Waals surface area contributed by atoms with E-state index in [0.29, 0.717) is 19.0 Å². The van der Waals surface area contributed by atoms with Crippen molar-refractivity contribution in [2.45, 2.75) is 12.8 Å². The Balaban J connectivity index is 0.00000225. The van der Waals surface area contributed by atoms with Crippen LogP contribution in [0.5, 0.6) is 0 Å². The number of nitrogens with one attached hydrogen (secondary N) is 1. The molecule has 0 atom stereocenters. The summed E-state index contributed by atoms with van der Waals surface area (Å²) in [5.41, 5.74) is 5.61. The van der Waals surface area contributed by atoms with Gasteiger partial charge in [0.15, 0.2) is 0 Å². The molecule has 1 saturated heterocycles. The van der Waals surface area contributed by atoms with Crippen LogP contribution < -0.4 is 11.1 Å². The van der Waals surface area contributed by atoms with Gasteiger partial charge in [0.25, 0.3) is 0 Å². The van der Waals surface area contributed by atoms with E-state index in [2.05, 4.69) is 16.8 Å².